The summed E-state index contributed by atoms with van der Waals surface area (Å²) in [5, 5.41) is 0.620. The fraction of sp³-hybridized carbons (Fsp3) is 0.889. The van der Waals surface area contributed by atoms with Gasteiger partial charge in [-0.1, -0.05) is 15.9 Å². The summed E-state index contributed by atoms with van der Waals surface area (Å²) in [6.07, 6.45) is 0. The molecule has 0 heterocycles. The second-order valence-corrected chi connectivity index (χ2v) is 5.08. The van der Waals surface area contributed by atoms with Crippen LogP contribution in [0.4, 0.5) is 0 Å². The smallest absolute Gasteiger partial charge is 0.312 e. The number of hydrogen-bond acceptors (Lipinski definition) is 2. The Hall–Kier alpha value is -0.0500. The van der Waals surface area contributed by atoms with Crippen LogP contribution in [-0.2, 0) is 9.53 Å². The van der Waals surface area contributed by atoms with Crippen molar-refractivity contribution < 1.29 is 9.53 Å². The van der Waals surface area contributed by atoms with E-state index in [0.717, 1.165) is 0 Å². The lowest BCUT2D eigenvalue weighted by molar-refractivity contribution is -0.164. The van der Waals surface area contributed by atoms with Crippen LogP contribution in [-0.4, -0.2) is 16.9 Å². The monoisotopic (exact) mass is 236 g/mol. The number of alkyl halides is 1. The van der Waals surface area contributed by atoms with Crippen molar-refractivity contribution in [2.24, 2.45) is 5.41 Å². The van der Waals surface area contributed by atoms with E-state index in [9.17, 15) is 4.79 Å². The lowest BCUT2D eigenvalue weighted by Gasteiger charge is -2.26. The maximum absolute atomic E-state index is 11.5. The molecule has 0 aromatic rings. The first kappa shape index (κ1) is 11.9. The van der Waals surface area contributed by atoms with Gasteiger partial charge in [0.25, 0.3) is 0 Å². The van der Waals surface area contributed by atoms with E-state index in [1.165, 1.54) is 0 Å². The minimum Gasteiger partial charge on any atom is -0.460 e. The molecule has 0 N–H and O–H groups in total. The Morgan fingerprint density at radius 3 is 1.92 bits per heavy atom. The zero-order valence-electron chi connectivity index (χ0n) is 8.40. The van der Waals surface area contributed by atoms with E-state index in [-0.39, 0.29) is 5.97 Å². The van der Waals surface area contributed by atoms with Crippen LogP contribution in [0.3, 0.4) is 0 Å². The summed E-state index contributed by atoms with van der Waals surface area (Å²) < 4.78 is 5.22. The van der Waals surface area contributed by atoms with Crippen molar-refractivity contribution in [3.8, 4) is 0 Å². The largest absolute Gasteiger partial charge is 0.460 e. The molecule has 0 amide bonds. The van der Waals surface area contributed by atoms with Gasteiger partial charge in [-0.25, -0.2) is 0 Å². The lowest BCUT2D eigenvalue weighted by atomic mass is 9.97. The molecule has 0 saturated carbocycles. The molecular weight excluding hydrogens is 220 g/mol. The first-order valence-electron chi connectivity index (χ1n) is 3.98. The van der Waals surface area contributed by atoms with Gasteiger partial charge in [-0.3, -0.25) is 4.79 Å². The normalized spacial score (nSPS) is 12.8. The van der Waals surface area contributed by atoms with Crippen LogP contribution >= 0.6 is 15.9 Å². The van der Waals surface area contributed by atoms with Crippen LogP contribution in [0.15, 0.2) is 0 Å². The maximum atomic E-state index is 11.5. The van der Waals surface area contributed by atoms with E-state index in [1.807, 2.05) is 34.6 Å². The van der Waals surface area contributed by atoms with E-state index in [0.29, 0.717) is 5.33 Å². The van der Waals surface area contributed by atoms with E-state index < -0.39 is 11.0 Å². The first-order chi connectivity index (χ1) is 5.19. The number of carbonyl (C=O) groups excluding carboxylic acids is 1. The minimum absolute atomic E-state index is 0.160. The lowest BCUT2D eigenvalue weighted by Crippen LogP contribution is -2.34. The highest BCUT2D eigenvalue weighted by molar-refractivity contribution is 9.09. The Morgan fingerprint density at radius 2 is 1.67 bits per heavy atom. The number of halogens is 1. The number of rotatable bonds is 2. The van der Waals surface area contributed by atoms with Crippen molar-refractivity contribution >= 4 is 21.9 Å². The van der Waals surface area contributed by atoms with Gasteiger partial charge in [0.1, 0.15) is 5.60 Å². The highest BCUT2D eigenvalue weighted by Crippen LogP contribution is 2.23. The van der Waals surface area contributed by atoms with Gasteiger partial charge in [-0.2, -0.15) is 0 Å². The van der Waals surface area contributed by atoms with Crippen molar-refractivity contribution in [3.05, 3.63) is 0 Å². The molecule has 72 valence electrons. The third kappa shape index (κ3) is 4.10. The molecule has 0 radical (unpaired) electrons. The van der Waals surface area contributed by atoms with Crippen molar-refractivity contribution in [2.75, 3.05) is 5.33 Å². The average molecular weight is 237 g/mol. The topological polar surface area (TPSA) is 26.3 Å². The first-order valence-corrected chi connectivity index (χ1v) is 5.10. The van der Waals surface area contributed by atoms with Gasteiger partial charge < -0.3 is 4.74 Å². The van der Waals surface area contributed by atoms with Crippen LogP contribution in [0.2, 0.25) is 0 Å². The van der Waals surface area contributed by atoms with Crippen molar-refractivity contribution in [1.82, 2.24) is 0 Å². The zero-order chi connectivity index (χ0) is 9.99. The molecule has 0 aromatic carbocycles. The molecule has 0 atom stereocenters. The molecule has 0 bridgehead atoms. The van der Waals surface area contributed by atoms with Gasteiger partial charge in [-0.05, 0) is 34.6 Å². The van der Waals surface area contributed by atoms with Gasteiger partial charge in [0, 0.05) is 5.33 Å². The molecule has 0 saturated heterocycles. The summed E-state index contributed by atoms with van der Waals surface area (Å²) in [4.78, 5) is 11.5. The number of hydrogen-bond donors (Lipinski definition) is 0. The molecule has 3 heteroatoms. The summed E-state index contributed by atoms with van der Waals surface area (Å²) in [7, 11) is 0. The van der Waals surface area contributed by atoms with Gasteiger partial charge >= 0.3 is 5.97 Å². The average Bonchev–Trinajstić information content (AvgIpc) is 1.84. The summed E-state index contributed by atoms with van der Waals surface area (Å²) >= 11 is 3.28. The molecule has 0 aliphatic rings. The third-order valence-electron chi connectivity index (χ3n) is 1.29. The number of ether oxygens (including phenoxy) is 1. The Kier molecular flexibility index (Phi) is 3.76. The van der Waals surface area contributed by atoms with Gasteiger partial charge in [0.05, 0.1) is 5.41 Å². The molecule has 0 aliphatic carbocycles. The fourth-order valence-electron chi connectivity index (χ4n) is 0.471. The van der Waals surface area contributed by atoms with E-state index in [1.54, 1.807) is 0 Å². The Morgan fingerprint density at radius 1 is 1.25 bits per heavy atom. The Labute approximate surface area is 82.8 Å². The second kappa shape index (κ2) is 3.77. The number of esters is 1. The van der Waals surface area contributed by atoms with Crippen LogP contribution < -0.4 is 0 Å². The summed E-state index contributed by atoms with van der Waals surface area (Å²) in [5.74, 6) is -0.160. The van der Waals surface area contributed by atoms with E-state index >= 15 is 0 Å². The van der Waals surface area contributed by atoms with Crippen molar-refractivity contribution in [3.63, 3.8) is 0 Å². The van der Waals surface area contributed by atoms with Gasteiger partial charge in [-0.15, -0.1) is 0 Å². The predicted molar refractivity (Wildman–Crippen MR) is 53.4 cm³/mol. The van der Waals surface area contributed by atoms with E-state index in [4.69, 9.17) is 4.74 Å². The van der Waals surface area contributed by atoms with Gasteiger partial charge in [0.15, 0.2) is 0 Å². The molecule has 12 heavy (non-hydrogen) atoms. The van der Waals surface area contributed by atoms with Crippen LogP contribution in [0, 0.1) is 5.41 Å². The van der Waals surface area contributed by atoms with Crippen LogP contribution in [0.25, 0.3) is 0 Å². The fourth-order valence-corrected chi connectivity index (χ4v) is 0.700. The molecule has 0 unspecified atom stereocenters. The quantitative estimate of drug-likeness (QED) is 0.545. The molecule has 0 spiro atoms. The minimum atomic E-state index is -0.437. The maximum Gasteiger partial charge on any atom is 0.312 e. The van der Waals surface area contributed by atoms with Crippen molar-refractivity contribution in [2.45, 2.75) is 40.2 Å². The Bertz CT molecular complexity index is 168. The molecule has 2 nitrogen and oxygen atoms in total. The van der Waals surface area contributed by atoms with E-state index in [2.05, 4.69) is 15.9 Å². The summed E-state index contributed by atoms with van der Waals surface area (Å²) in [6.45, 7) is 9.32. The standard InChI is InChI=1S/C9H17BrO2/c1-8(2,3)12-7(11)9(4,5)6-10/h6H2,1-5H3. The van der Waals surface area contributed by atoms with Crippen LogP contribution in [0.5, 0.6) is 0 Å². The Balaban J connectivity index is 4.23. The van der Waals surface area contributed by atoms with Gasteiger partial charge in [0.2, 0.25) is 0 Å². The second-order valence-electron chi connectivity index (χ2n) is 4.52. The SMILES string of the molecule is CC(C)(C)OC(=O)C(C)(C)CBr. The molecule has 0 fully saturated rings. The molecule has 0 aromatic heterocycles. The molecule has 0 rings (SSSR count). The molecular formula is C9H17BrO2. The number of carbonyl (C=O) groups is 1. The zero-order valence-corrected chi connectivity index (χ0v) is 9.99. The molecule has 0 aliphatic heterocycles. The summed E-state index contributed by atoms with van der Waals surface area (Å²) in [5.41, 5.74) is -0.830. The summed E-state index contributed by atoms with van der Waals surface area (Å²) in [6, 6.07) is 0. The highest BCUT2D eigenvalue weighted by atomic mass is 79.9. The highest BCUT2D eigenvalue weighted by Gasteiger charge is 2.31. The predicted octanol–water partition coefficient (Wildman–Crippen LogP) is 2.75. The van der Waals surface area contributed by atoms with Crippen LogP contribution in [0.1, 0.15) is 34.6 Å². The van der Waals surface area contributed by atoms with Crippen molar-refractivity contribution in [1.29, 1.82) is 0 Å². The third-order valence-corrected chi connectivity index (χ3v) is 2.69.